The third-order valence-electron chi connectivity index (χ3n) is 3.48. The Morgan fingerprint density at radius 3 is 2.50 bits per heavy atom. The Bertz CT molecular complexity index is 199. The van der Waals surface area contributed by atoms with Crippen LogP contribution in [0.15, 0.2) is 11.6 Å². The molecule has 0 radical (unpaired) electrons. The van der Waals surface area contributed by atoms with Gasteiger partial charge in [-0.05, 0) is 37.6 Å². The quantitative estimate of drug-likeness (QED) is 0.667. The topological polar surface area (TPSA) is 12.0 Å². The van der Waals surface area contributed by atoms with Crippen molar-refractivity contribution in [2.24, 2.45) is 11.8 Å². The fourth-order valence-electron chi connectivity index (χ4n) is 2.46. The molecule has 1 nitrogen and oxygen atoms in total. The van der Waals surface area contributed by atoms with Crippen molar-refractivity contribution in [1.82, 2.24) is 5.32 Å². The summed E-state index contributed by atoms with van der Waals surface area (Å²) in [7, 11) is 0. The number of hydrogen-bond acceptors (Lipinski definition) is 1. The van der Waals surface area contributed by atoms with Gasteiger partial charge in [-0.3, -0.25) is 0 Å². The lowest BCUT2D eigenvalue weighted by molar-refractivity contribution is 0.416. The molecular weight excluding hydrogens is 194 g/mol. The van der Waals surface area contributed by atoms with Gasteiger partial charge in [-0.15, -0.1) is 0 Å². The molecule has 1 aliphatic carbocycles. The molecule has 0 spiro atoms. The Hall–Kier alpha value is -0.300. The summed E-state index contributed by atoms with van der Waals surface area (Å²) in [5.74, 6) is 1.64. The summed E-state index contributed by atoms with van der Waals surface area (Å²) in [6.45, 7) is 9.06. The lowest BCUT2D eigenvalue weighted by Gasteiger charge is -2.20. The molecule has 0 heterocycles. The average Bonchev–Trinajstić information content (AvgIpc) is 2.28. The van der Waals surface area contributed by atoms with Gasteiger partial charge >= 0.3 is 0 Å². The molecule has 0 saturated heterocycles. The van der Waals surface area contributed by atoms with E-state index < -0.39 is 0 Å². The first-order chi connectivity index (χ1) is 7.72. The number of nitrogens with one attached hydrogen (secondary N) is 1. The molecule has 1 saturated carbocycles. The van der Waals surface area contributed by atoms with Crippen LogP contribution in [0.1, 0.15) is 59.3 Å². The van der Waals surface area contributed by atoms with Crippen molar-refractivity contribution < 1.29 is 0 Å². The van der Waals surface area contributed by atoms with Gasteiger partial charge in [0.15, 0.2) is 0 Å². The molecule has 1 rings (SSSR count). The molecule has 1 heteroatoms. The van der Waals surface area contributed by atoms with Crippen LogP contribution in [0.4, 0.5) is 0 Å². The number of hydrogen-bond donors (Lipinski definition) is 1. The summed E-state index contributed by atoms with van der Waals surface area (Å²) in [5, 5.41) is 3.56. The molecule has 0 amide bonds. The first kappa shape index (κ1) is 13.8. The first-order valence-electron chi connectivity index (χ1n) is 7.12. The van der Waals surface area contributed by atoms with E-state index in [1.165, 1.54) is 38.5 Å². The molecule has 0 aromatic heterocycles. The maximum atomic E-state index is 3.56. The Labute approximate surface area is 102 Å². The summed E-state index contributed by atoms with van der Waals surface area (Å²) < 4.78 is 0. The van der Waals surface area contributed by atoms with E-state index in [-0.39, 0.29) is 0 Å². The number of allylic oxidation sites excluding steroid dienone is 1. The van der Waals surface area contributed by atoms with E-state index in [0.29, 0.717) is 0 Å². The lowest BCUT2D eigenvalue weighted by atomic mass is 9.87. The van der Waals surface area contributed by atoms with Gasteiger partial charge in [-0.2, -0.15) is 0 Å². The van der Waals surface area contributed by atoms with Crippen molar-refractivity contribution >= 4 is 0 Å². The monoisotopic (exact) mass is 223 g/mol. The van der Waals surface area contributed by atoms with Crippen LogP contribution in [-0.4, -0.2) is 13.1 Å². The van der Waals surface area contributed by atoms with Gasteiger partial charge in [0, 0.05) is 6.54 Å². The largest absolute Gasteiger partial charge is 0.313 e. The van der Waals surface area contributed by atoms with E-state index in [0.717, 1.165) is 24.9 Å². The standard InChI is InChI=1S/C15H29N/c1-4-14(12-16-11-13(2)3)10-15-8-6-5-7-9-15/h10,13,15-16H,4-9,11-12H2,1-3H3. The predicted octanol–water partition coefficient (Wildman–Crippen LogP) is 4.15. The number of rotatable bonds is 6. The zero-order valence-corrected chi connectivity index (χ0v) is 11.4. The maximum Gasteiger partial charge on any atom is 0.0164 e. The summed E-state index contributed by atoms with van der Waals surface area (Å²) in [5.41, 5.74) is 1.62. The second kappa shape index (κ2) is 7.89. The highest BCUT2D eigenvalue weighted by Crippen LogP contribution is 2.25. The smallest absolute Gasteiger partial charge is 0.0164 e. The zero-order chi connectivity index (χ0) is 11.8. The van der Waals surface area contributed by atoms with E-state index in [4.69, 9.17) is 0 Å². The van der Waals surface area contributed by atoms with Crippen molar-refractivity contribution in [2.75, 3.05) is 13.1 Å². The van der Waals surface area contributed by atoms with Gasteiger partial charge in [0.25, 0.3) is 0 Å². The van der Waals surface area contributed by atoms with Crippen LogP contribution < -0.4 is 5.32 Å². The molecule has 1 fully saturated rings. The Morgan fingerprint density at radius 1 is 1.25 bits per heavy atom. The van der Waals surface area contributed by atoms with E-state index in [9.17, 15) is 0 Å². The Morgan fingerprint density at radius 2 is 1.94 bits per heavy atom. The van der Waals surface area contributed by atoms with Crippen molar-refractivity contribution in [3.05, 3.63) is 11.6 Å². The van der Waals surface area contributed by atoms with Gasteiger partial charge in [0.2, 0.25) is 0 Å². The van der Waals surface area contributed by atoms with E-state index in [2.05, 4.69) is 32.2 Å². The Kier molecular flexibility index (Phi) is 6.79. The fraction of sp³-hybridized carbons (Fsp3) is 0.867. The minimum atomic E-state index is 0.757. The van der Waals surface area contributed by atoms with Crippen molar-refractivity contribution in [2.45, 2.75) is 59.3 Å². The molecule has 1 aliphatic rings. The van der Waals surface area contributed by atoms with E-state index in [1.807, 2.05) is 0 Å². The highest BCUT2D eigenvalue weighted by Gasteiger charge is 2.11. The van der Waals surface area contributed by atoms with Crippen molar-refractivity contribution in [3.63, 3.8) is 0 Å². The van der Waals surface area contributed by atoms with Crippen molar-refractivity contribution in [3.8, 4) is 0 Å². The normalized spacial score (nSPS) is 19.4. The average molecular weight is 223 g/mol. The van der Waals surface area contributed by atoms with Crippen LogP contribution in [0.2, 0.25) is 0 Å². The van der Waals surface area contributed by atoms with Gasteiger partial charge in [-0.25, -0.2) is 0 Å². The first-order valence-corrected chi connectivity index (χ1v) is 7.12. The molecule has 16 heavy (non-hydrogen) atoms. The molecule has 0 aromatic rings. The molecule has 0 aliphatic heterocycles. The maximum absolute atomic E-state index is 3.56. The van der Waals surface area contributed by atoms with Gasteiger partial charge in [0.1, 0.15) is 0 Å². The molecule has 0 bridgehead atoms. The molecule has 0 atom stereocenters. The minimum absolute atomic E-state index is 0.757. The molecular formula is C15H29N. The molecule has 0 unspecified atom stereocenters. The zero-order valence-electron chi connectivity index (χ0n) is 11.4. The van der Waals surface area contributed by atoms with Crippen LogP contribution in [0.5, 0.6) is 0 Å². The van der Waals surface area contributed by atoms with Gasteiger partial charge in [0.05, 0.1) is 0 Å². The summed E-state index contributed by atoms with van der Waals surface area (Å²) in [4.78, 5) is 0. The Balaban J connectivity index is 2.30. The third kappa shape index (κ3) is 5.69. The molecule has 94 valence electrons. The van der Waals surface area contributed by atoms with Crippen LogP contribution >= 0.6 is 0 Å². The SMILES string of the molecule is CCC(=CC1CCCCC1)CNCC(C)C. The van der Waals surface area contributed by atoms with Gasteiger partial charge in [-0.1, -0.05) is 51.7 Å². The van der Waals surface area contributed by atoms with Gasteiger partial charge < -0.3 is 5.32 Å². The van der Waals surface area contributed by atoms with E-state index in [1.54, 1.807) is 5.57 Å². The van der Waals surface area contributed by atoms with Crippen LogP contribution in [0.25, 0.3) is 0 Å². The van der Waals surface area contributed by atoms with E-state index >= 15 is 0 Å². The van der Waals surface area contributed by atoms with Crippen LogP contribution in [0.3, 0.4) is 0 Å². The minimum Gasteiger partial charge on any atom is -0.313 e. The second-order valence-corrected chi connectivity index (χ2v) is 5.60. The van der Waals surface area contributed by atoms with Crippen molar-refractivity contribution in [1.29, 1.82) is 0 Å². The highest BCUT2D eigenvalue weighted by atomic mass is 14.9. The summed E-state index contributed by atoms with van der Waals surface area (Å²) >= 11 is 0. The lowest BCUT2D eigenvalue weighted by Crippen LogP contribution is -2.22. The second-order valence-electron chi connectivity index (χ2n) is 5.60. The fourth-order valence-corrected chi connectivity index (χ4v) is 2.46. The summed E-state index contributed by atoms with van der Waals surface area (Å²) in [6, 6.07) is 0. The summed E-state index contributed by atoms with van der Waals surface area (Å²) in [6.07, 6.45) is 11.0. The van der Waals surface area contributed by atoms with Crippen LogP contribution in [0, 0.1) is 11.8 Å². The third-order valence-corrected chi connectivity index (χ3v) is 3.48. The molecule has 1 N–H and O–H groups in total. The molecule has 0 aromatic carbocycles. The highest BCUT2D eigenvalue weighted by molar-refractivity contribution is 5.06. The predicted molar refractivity (Wildman–Crippen MR) is 72.7 cm³/mol. The van der Waals surface area contributed by atoms with Crippen LogP contribution in [-0.2, 0) is 0 Å².